The van der Waals surface area contributed by atoms with Gasteiger partial charge in [0.1, 0.15) is 5.82 Å². The largest absolute Gasteiger partial charge is 0.382 e. The molecule has 3 rings (SSSR count). The van der Waals surface area contributed by atoms with Crippen LogP contribution in [0.3, 0.4) is 0 Å². The van der Waals surface area contributed by atoms with Crippen LogP contribution in [0.4, 0.5) is 10.2 Å². The average molecular weight is 254 g/mol. The predicted molar refractivity (Wildman–Crippen MR) is 71.6 cm³/mol. The number of pyridine rings is 1. The van der Waals surface area contributed by atoms with Gasteiger partial charge in [0.25, 0.3) is 0 Å². The van der Waals surface area contributed by atoms with E-state index < -0.39 is 0 Å². The van der Waals surface area contributed by atoms with Crippen molar-refractivity contribution >= 4 is 5.82 Å². The first-order valence-electron chi connectivity index (χ1n) is 5.76. The quantitative estimate of drug-likeness (QED) is 0.738. The van der Waals surface area contributed by atoms with Crippen LogP contribution < -0.4 is 5.73 Å². The highest BCUT2D eigenvalue weighted by Gasteiger charge is 2.14. The fraction of sp³-hybridized carbons (Fsp3) is 0. The Labute approximate surface area is 109 Å². The molecule has 0 aliphatic rings. The summed E-state index contributed by atoms with van der Waals surface area (Å²) in [5.74, 6) is 0.0381. The molecule has 2 aromatic heterocycles. The summed E-state index contributed by atoms with van der Waals surface area (Å²) in [6.07, 6.45) is 3.36. The number of hydrogen-bond donors (Lipinski definition) is 2. The molecular weight excluding hydrogens is 243 g/mol. The molecule has 94 valence electrons. The Hall–Kier alpha value is -2.69. The van der Waals surface area contributed by atoms with Crippen molar-refractivity contribution in [2.75, 3.05) is 5.73 Å². The van der Waals surface area contributed by atoms with Gasteiger partial charge >= 0.3 is 0 Å². The van der Waals surface area contributed by atoms with E-state index in [1.54, 1.807) is 24.5 Å². The first-order chi connectivity index (χ1) is 9.25. The molecule has 0 unspecified atom stereocenters. The van der Waals surface area contributed by atoms with Gasteiger partial charge in [0, 0.05) is 18.0 Å². The standard InChI is InChI=1S/C14H11FN4/c15-11-3-1-2-10(8-11)12-13(18-19-14(12)16)9-4-6-17-7-5-9/h1-8H,(H3,16,18,19). The number of benzene rings is 1. The molecule has 0 saturated heterocycles. The van der Waals surface area contributed by atoms with Crippen LogP contribution in [0.15, 0.2) is 48.8 Å². The van der Waals surface area contributed by atoms with Crippen LogP contribution in [-0.4, -0.2) is 15.2 Å². The van der Waals surface area contributed by atoms with Gasteiger partial charge in [0.05, 0.1) is 11.3 Å². The zero-order valence-electron chi connectivity index (χ0n) is 9.97. The van der Waals surface area contributed by atoms with Gasteiger partial charge in [0.15, 0.2) is 5.82 Å². The van der Waals surface area contributed by atoms with Crippen LogP contribution in [0, 0.1) is 5.82 Å². The number of nitrogen functional groups attached to an aromatic ring is 1. The fourth-order valence-corrected chi connectivity index (χ4v) is 2.02. The number of hydrogen-bond acceptors (Lipinski definition) is 3. The van der Waals surface area contributed by atoms with Gasteiger partial charge in [-0.2, -0.15) is 5.10 Å². The maximum atomic E-state index is 13.3. The minimum absolute atomic E-state index is 0.307. The smallest absolute Gasteiger partial charge is 0.153 e. The molecule has 5 heteroatoms. The Morgan fingerprint density at radius 2 is 1.84 bits per heavy atom. The maximum Gasteiger partial charge on any atom is 0.153 e. The van der Waals surface area contributed by atoms with Crippen LogP contribution >= 0.6 is 0 Å². The van der Waals surface area contributed by atoms with Gasteiger partial charge in [-0.3, -0.25) is 10.1 Å². The minimum atomic E-state index is -0.307. The number of rotatable bonds is 2. The second-order valence-corrected chi connectivity index (χ2v) is 4.11. The minimum Gasteiger partial charge on any atom is -0.382 e. The van der Waals surface area contributed by atoms with Gasteiger partial charge in [-0.15, -0.1) is 0 Å². The van der Waals surface area contributed by atoms with Crippen molar-refractivity contribution in [3.05, 3.63) is 54.6 Å². The van der Waals surface area contributed by atoms with Gasteiger partial charge in [0.2, 0.25) is 0 Å². The first-order valence-corrected chi connectivity index (χ1v) is 5.76. The fourth-order valence-electron chi connectivity index (χ4n) is 2.02. The highest BCUT2D eigenvalue weighted by Crippen LogP contribution is 2.34. The van der Waals surface area contributed by atoms with E-state index >= 15 is 0 Å². The molecule has 3 aromatic rings. The molecule has 0 radical (unpaired) electrons. The molecule has 0 spiro atoms. The number of nitrogens with zero attached hydrogens (tertiary/aromatic N) is 2. The molecule has 19 heavy (non-hydrogen) atoms. The van der Waals surface area contributed by atoms with Gasteiger partial charge in [-0.1, -0.05) is 12.1 Å². The molecule has 4 nitrogen and oxygen atoms in total. The molecule has 0 saturated carbocycles. The maximum absolute atomic E-state index is 13.3. The molecule has 0 atom stereocenters. The van der Waals surface area contributed by atoms with E-state index in [0.29, 0.717) is 16.9 Å². The number of aromatic nitrogens is 3. The summed E-state index contributed by atoms with van der Waals surface area (Å²) < 4.78 is 13.3. The zero-order valence-corrected chi connectivity index (χ0v) is 9.97. The molecule has 0 aliphatic carbocycles. The second kappa shape index (κ2) is 4.53. The third kappa shape index (κ3) is 2.06. The third-order valence-corrected chi connectivity index (χ3v) is 2.88. The summed E-state index contributed by atoms with van der Waals surface area (Å²) in [6, 6.07) is 9.96. The Morgan fingerprint density at radius 3 is 2.58 bits per heavy atom. The number of nitrogens with two attached hydrogens (primary N) is 1. The van der Waals surface area contributed by atoms with E-state index in [0.717, 1.165) is 11.3 Å². The van der Waals surface area contributed by atoms with Gasteiger partial charge in [-0.25, -0.2) is 4.39 Å². The van der Waals surface area contributed by atoms with E-state index in [9.17, 15) is 4.39 Å². The van der Waals surface area contributed by atoms with Crippen molar-refractivity contribution < 1.29 is 4.39 Å². The first kappa shape index (κ1) is 11.4. The van der Waals surface area contributed by atoms with E-state index in [1.807, 2.05) is 12.1 Å². The highest BCUT2D eigenvalue weighted by atomic mass is 19.1. The number of anilines is 1. The van der Waals surface area contributed by atoms with E-state index in [1.165, 1.54) is 12.1 Å². The Kier molecular flexibility index (Phi) is 2.72. The van der Waals surface area contributed by atoms with E-state index in [4.69, 9.17) is 5.73 Å². The second-order valence-electron chi connectivity index (χ2n) is 4.11. The van der Waals surface area contributed by atoms with Gasteiger partial charge < -0.3 is 5.73 Å². The molecule has 0 aliphatic heterocycles. The average Bonchev–Trinajstić information content (AvgIpc) is 2.82. The van der Waals surface area contributed by atoms with E-state index in [2.05, 4.69) is 15.2 Å². The van der Waals surface area contributed by atoms with Crippen LogP contribution in [0.25, 0.3) is 22.4 Å². The van der Waals surface area contributed by atoms with E-state index in [-0.39, 0.29) is 5.82 Å². The summed E-state index contributed by atoms with van der Waals surface area (Å²) >= 11 is 0. The lowest BCUT2D eigenvalue weighted by atomic mass is 10.0. The van der Waals surface area contributed by atoms with Crippen molar-refractivity contribution in [1.29, 1.82) is 0 Å². The van der Waals surface area contributed by atoms with Crippen LogP contribution in [-0.2, 0) is 0 Å². The van der Waals surface area contributed by atoms with Crippen molar-refractivity contribution in [1.82, 2.24) is 15.2 Å². The number of aromatic amines is 1. The predicted octanol–water partition coefficient (Wildman–Crippen LogP) is 2.86. The van der Waals surface area contributed by atoms with Crippen LogP contribution in [0.2, 0.25) is 0 Å². The molecule has 1 aromatic carbocycles. The molecule has 0 bridgehead atoms. The number of nitrogens with one attached hydrogen (secondary N) is 1. The molecule has 3 N–H and O–H groups in total. The Morgan fingerprint density at radius 1 is 1.05 bits per heavy atom. The monoisotopic (exact) mass is 254 g/mol. The highest BCUT2D eigenvalue weighted by molar-refractivity contribution is 5.87. The van der Waals surface area contributed by atoms with Crippen LogP contribution in [0.1, 0.15) is 0 Å². The Balaban J connectivity index is 2.20. The molecular formula is C14H11FN4. The lowest BCUT2D eigenvalue weighted by molar-refractivity contribution is 0.628. The topological polar surface area (TPSA) is 67.6 Å². The normalized spacial score (nSPS) is 10.6. The SMILES string of the molecule is Nc1n[nH]c(-c2ccncc2)c1-c1cccc(F)c1. The van der Waals surface area contributed by atoms with Crippen molar-refractivity contribution in [2.24, 2.45) is 0 Å². The molecule has 0 fully saturated rings. The number of H-pyrrole nitrogens is 1. The summed E-state index contributed by atoms with van der Waals surface area (Å²) in [7, 11) is 0. The molecule has 2 heterocycles. The lowest BCUT2D eigenvalue weighted by Crippen LogP contribution is -1.89. The summed E-state index contributed by atoms with van der Waals surface area (Å²) in [6.45, 7) is 0. The zero-order chi connectivity index (χ0) is 13.2. The van der Waals surface area contributed by atoms with Crippen LogP contribution in [0.5, 0.6) is 0 Å². The summed E-state index contributed by atoms with van der Waals surface area (Å²) in [5.41, 5.74) is 8.93. The van der Waals surface area contributed by atoms with Gasteiger partial charge in [-0.05, 0) is 29.8 Å². The van der Waals surface area contributed by atoms with Crippen molar-refractivity contribution in [3.63, 3.8) is 0 Å². The summed E-state index contributed by atoms with van der Waals surface area (Å²) in [4.78, 5) is 3.97. The number of halogens is 1. The summed E-state index contributed by atoms with van der Waals surface area (Å²) in [5, 5.41) is 6.89. The van der Waals surface area contributed by atoms with Crippen molar-refractivity contribution in [3.8, 4) is 22.4 Å². The van der Waals surface area contributed by atoms with Crippen molar-refractivity contribution in [2.45, 2.75) is 0 Å². The third-order valence-electron chi connectivity index (χ3n) is 2.88. The Bertz CT molecular complexity index is 706. The molecule has 0 amide bonds. The lowest BCUT2D eigenvalue weighted by Gasteiger charge is -2.04.